The highest BCUT2D eigenvalue weighted by molar-refractivity contribution is 4.99. The Morgan fingerprint density at radius 3 is 3.17 bits per heavy atom. The molecule has 0 aromatic carbocycles. The molecule has 4 nitrogen and oxygen atoms in total. The van der Waals surface area contributed by atoms with Crippen LogP contribution in [-0.2, 0) is 4.74 Å². The van der Waals surface area contributed by atoms with E-state index in [-0.39, 0.29) is 0 Å². The molecule has 12 heavy (non-hydrogen) atoms. The van der Waals surface area contributed by atoms with E-state index < -0.39 is 0 Å². The summed E-state index contributed by atoms with van der Waals surface area (Å²) in [6.45, 7) is 0.919. The van der Waals surface area contributed by atoms with Gasteiger partial charge in [-0.25, -0.2) is 4.98 Å². The lowest BCUT2D eigenvalue weighted by Gasteiger charge is -2.05. The molecule has 1 saturated heterocycles. The van der Waals surface area contributed by atoms with E-state index in [0.29, 0.717) is 12.1 Å². The van der Waals surface area contributed by atoms with Crippen molar-refractivity contribution in [3.63, 3.8) is 0 Å². The number of methoxy groups -OCH3 is 1. The Hall–Kier alpha value is -0.870. The maximum Gasteiger partial charge on any atom is 0.123 e. The number of rotatable bonds is 2. The van der Waals surface area contributed by atoms with Crippen LogP contribution in [0.1, 0.15) is 18.3 Å². The van der Waals surface area contributed by atoms with Crippen molar-refractivity contribution in [3.8, 4) is 0 Å². The van der Waals surface area contributed by atoms with E-state index in [4.69, 9.17) is 4.74 Å². The smallest absolute Gasteiger partial charge is 0.123 e. The number of hydrogen-bond donors (Lipinski definition) is 2. The van der Waals surface area contributed by atoms with E-state index in [9.17, 15) is 0 Å². The number of nitrogens with zero attached hydrogens (tertiary/aromatic N) is 1. The van der Waals surface area contributed by atoms with Gasteiger partial charge in [0.15, 0.2) is 0 Å². The topological polar surface area (TPSA) is 49.9 Å². The molecule has 66 valence electrons. The lowest BCUT2D eigenvalue weighted by Crippen LogP contribution is -2.16. The number of hydrogen-bond acceptors (Lipinski definition) is 3. The van der Waals surface area contributed by atoms with Crippen molar-refractivity contribution in [1.29, 1.82) is 0 Å². The molecule has 1 aromatic rings. The summed E-state index contributed by atoms with van der Waals surface area (Å²) in [5.74, 6) is 1.01. The summed E-state index contributed by atoms with van der Waals surface area (Å²) >= 11 is 0. The van der Waals surface area contributed by atoms with Gasteiger partial charge in [-0.15, -0.1) is 0 Å². The lowest BCUT2D eigenvalue weighted by molar-refractivity contribution is 0.117. The first kappa shape index (κ1) is 7.76. The normalized spacial score (nSPS) is 29.4. The number of aromatic amines is 1. The number of imidazole rings is 1. The highest BCUT2D eigenvalue weighted by Gasteiger charge is 2.26. The number of aromatic nitrogens is 2. The third-order valence-electron chi connectivity index (χ3n) is 2.27. The molecule has 2 N–H and O–H groups in total. The first-order valence-corrected chi connectivity index (χ1v) is 4.15. The number of ether oxygens (including phenoxy) is 1. The summed E-state index contributed by atoms with van der Waals surface area (Å²) in [5.41, 5.74) is 0. The van der Waals surface area contributed by atoms with E-state index in [2.05, 4.69) is 15.3 Å². The SMILES string of the molecule is CO[C@H]1CNC(c2ncc[nH]2)C1. The summed E-state index contributed by atoms with van der Waals surface area (Å²) in [6, 6.07) is 0.338. The molecule has 0 spiro atoms. The predicted molar refractivity (Wildman–Crippen MR) is 44.7 cm³/mol. The predicted octanol–water partition coefficient (Wildman–Crippen LogP) is 0.459. The van der Waals surface area contributed by atoms with E-state index in [0.717, 1.165) is 18.8 Å². The van der Waals surface area contributed by atoms with Gasteiger partial charge in [0.25, 0.3) is 0 Å². The third kappa shape index (κ3) is 1.35. The Labute approximate surface area is 71.3 Å². The standard InChI is InChI=1S/C8H13N3O/c1-12-6-4-7(11-5-6)8-9-2-3-10-8/h2-3,6-7,11H,4-5H2,1H3,(H,9,10)/t6-,7?/m1/s1. The van der Waals surface area contributed by atoms with Crippen molar-refractivity contribution >= 4 is 0 Å². The quantitative estimate of drug-likeness (QED) is 0.672. The molecule has 1 aliphatic rings. The van der Waals surface area contributed by atoms with E-state index in [1.165, 1.54) is 0 Å². The van der Waals surface area contributed by atoms with Gasteiger partial charge >= 0.3 is 0 Å². The molecule has 0 aliphatic carbocycles. The van der Waals surface area contributed by atoms with E-state index >= 15 is 0 Å². The van der Waals surface area contributed by atoms with Gasteiger partial charge in [0, 0.05) is 26.0 Å². The van der Waals surface area contributed by atoms with Crippen molar-refractivity contribution in [2.45, 2.75) is 18.6 Å². The molecular formula is C8H13N3O. The fourth-order valence-electron chi connectivity index (χ4n) is 1.56. The summed E-state index contributed by atoms with van der Waals surface area (Å²) < 4.78 is 5.24. The van der Waals surface area contributed by atoms with Gasteiger partial charge in [0.05, 0.1) is 12.1 Å². The Balaban J connectivity index is 2.00. The monoisotopic (exact) mass is 167 g/mol. The maximum atomic E-state index is 5.24. The van der Waals surface area contributed by atoms with Gasteiger partial charge in [-0.2, -0.15) is 0 Å². The summed E-state index contributed by atoms with van der Waals surface area (Å²) in [4.78, 5) is 7.29. The summed E-state index contributed by atoms with van der Waals surface area (Å²) in [5, 5.41) is 3.34. The zero-order valence-electron chi connectivity index (χ0n) is 7.08. The molecule has 0 saturated carbocycles. The van der Waals surface area contributed by atoms with Crippen LogP contribution in [0, 0.1) is 0 Å². The lowest BCUT2D eigenvalue weighted by atomic mass is 10.2. The van der Waals surface area contributed by atoms with Crippen LogP contribution < -0.4 is 5.32 Å². The zero-order valence-corrected chi connectivity index (χ0v) is 7.08. The molecule has 1 unspecified atom stereocenters. The van der Waals surface area contributed by atoms with Crippen LogP contribution in [0.2, 0.25) is 0 Å². The van der Waals surface area contributed by atoms with E-state index in [1.54, 1.807) is 13.3 Å². The molecule has 1 aromatic heterocycles. The first-order valence-electron chi connectivity index (χ1n) is 4.15. The van der Waals surface area contributed by atoms with Crippen molar-refractivity contribution in [2.24, 2.45) is 0 Å². The molecule has 1 aliphatic heterocycles. The Kier molecular flexibility index (Phi) is 2.10. The molecule has 2 heterocycles. The second kappa shape index (κ2) is 3.25. The minimum absolute atomic E-state index is 0.333. The molecular weight excluding hydrogens is 154 g/mol. The highest BCUT2D eigenvalue weighted by atomic mass is 16.5. The number of nitrogens with one attached hydrogen (secondary N) is 2. The molecule has 0 amide bonds. The highest BCUT2D eigenvalue weighted by Crippen LogP contribution is 2.21. The maximum absolute atomic E-state index is 5.24. The summed E-state index contributed by atoms with van der Waals surface area (Å²) in [6.07, 6.45) is 4.96. The molecule has 1 fully saturated rings. The van der Waals surface area contributed by atoms with Crippen molar-refractivity contribution in [3.05, 3.63) is 18.2 Å². The average Bonchev–Trinajstić information content (AvgIpc) is 2.75. The second-order valence-corrected chi connectivity index (χ2v) is 3.03. The van der Waals surface area contributed by atoms with Crippen molar-refractivity contribution < 1.29 is 4.74 Å². The van der Waals surface area contributed by atoms with E-state index in [1.807, 2.05) is 6.20 Å². The third-order valence-corrected chi connectivity index (χ3v) is 2.27. The van der Waals surface area contributed by atoms with Crippen LogP contribution in [-0.4, -0.2) is 29.7 Å². The van der Waals surface area contributed by atoms with Crippen LogP contribution in [0.3, 0.4) is 0 Å². The fourth-order valence-corrected chi connectivity index (χ4v) is 1.56. The molecule has 0 radical (unpaired) electrons. The van der Waals surface area contributed by atoms with Crippen LogP contribution in [0.4, 0.5) is 0 Å². The van der Waals surface area contributed by atoms with Crippen molar-refractivity contribution in [2.75, 3.05) is 13.7 Å². The largest absolute Gasteiger partial charge is 0.380 e. The molecule has 0 bridgehead atoms. The van der Waals surface area contributed by atoms with Gasteiger partial charge in [-0.1, -0.05) is 0 Å². The Bertz CT molecular complexity index is 234. The second-order valence-electron chi connectivity index (χ2n) is 3.03. The van der Waals surface area contributed by atoms with Gasteiger partial charge < -0.3 is 15.0 Å². The minimum atomic E-state index is 0.333. The Morgan fingerprint density at radius 2 is 2.58 bits per heavy atom. The first-order chi connectivity index (χ1) is 5.90. The average molecular weight is 167 g/mol. The van der Waals surface area contributed by atoms with Crippen LogP contribution in [0.15, 0.2) is 12.4 Å². The molecule has 2 rings (SSSR count). The molecule has 4 heteroatoms. The van der Waals surface area contributed by atoms with Crippen LogP contribution in [0.5, 0.6) is 0 Å². The number of H-pyrrole nitrogens is 1. The van der Waals surface area contributed by atoms with Gasteiger partial charge in [-0.05, 0) is 6.42 Å². The molecule has 2 atom stereocenters. The zero-order chi connectivity index (χ0) is 8.39. The fraction of sp³-hybridized carbons (Fsp3) is 0.625. The summed E-state index contributed by atoms with van der Waals surface area (Å²) in [7, 11) is 1.75. The minimum Gasteiger partial charge on any atom is -0.380 e. The van der Waals surface area contributed by atoms with Gasteiger partial charge in [0.1, 0.15) is 5.82 Å². The van der Waals surface area contributed by atoms with Crippen molar-refractivity contribution in [1.82, 2.24) is 15.3 Å². The van der Waals surface area contributed by atoms with Gasteiger partial charge in [0.2, 0.25) is 0 Å². The van der Waals surface area contributed by atoms with Crippen LogP contribution in [0.25, 0.3) is 0 Å². The van der Waals surface area contributed by atoms with Gasteiger partial charge in [-0.3, -0.25) is 0 Å². The van der Waals surface area contributed by atoms with Crippen LogP contribution >= 0.6 is 0 Å². The Morgan fingerprint density at radius 1 is 1.67 bits per heavy atom.